The van der Waals surface area contributed by atoms with Gasteiger partial charge in [-0.1, -0.05) is 36.7 Å². The third-order valence-electron chi connectivity index (χ3n) is 3.90. The molecule has 1 fully saturated rings. The molecule has 1 atom stereocenters. The number of benzene rings is 1. The summed E-state index contributed by atoms with van der Waals surface area (Å²) in [6, 6.07) is 4.20. The van der Waals surface area contributed by atoms with Crippen LogP contribution in [-0.2, 0) is 6.18 Å². The fourth-order valence-corrected chi connectivity index (χ4v) is 3.64. The first-order valence-electron chi connectivity index (χ1n) is 7.41. The Balaban J connectivity index is 0.00000264. The number of hydrogen-bond acceptors (Lipinski definition) is 2. The van der Waals surface area contributed by atoms with Crippen molar-refractivity contribution in [2.75, 3.05) is 26.2 Å². The minimum absolute atomic E-state index is 0. The van der Waals surface area contributed by atoms with E-state index in [4.69, 9.17) is 0 Å². The van der Waals surface area contributed by atoms with Gasteiger partial charge in [0.15, 0.2) is 0 Å². The number of halogens is 5. The average Bonchev–Trinajstić information content (AvgIpc) is 2.36. The van der Waals surface area contributed by atoms with Crippen molar-refractivity contribution in [3.05, 3.63) is 33.8 Å². The largest absolute Gasteiger partial charge is 0.416 e. The molecule has 1 saturated heterocycles. The molecule has 2 nitrogen and oxygen atoms in total. The van der Waals surface area contributed by atoms with E-state index in [0.29, 0.717) is 4.47 Å². The lowest BCUT2D eigenvalue weighted by Crippen LogP contribution is -2.48. The molecule has 0 aromatic heterocycles. The maximum absolute atomic E-state index is 13.1. The lowest BCUT2D eigenvalue weighted by molar-refractivity contribution is -0.137. The Morgan fingerprint density at radius 1 is 1.09 bits per heavy atom. The van der Waals surface area contributed by atoms with Crippen LogP contribution in [0, 0.1) is 5.41 Å². The van der Waals surface area contributed by atoms with E-state index in [9.17, 15) is 13.2 Å². The van der Waals surface area contributed by atoms with Gasteiger partial charge in [0, 0.05) is 36.7 Å². The maximum Gasteiger partial charge on any atom is 0.416 e. The molecule has 1 aromatic rings. The van der Waals surface area contributed by atoms with E-state index in [1.807, 2.05) is 6.07 Å². The predicted octanol–water partition coefficient (Wildman–Crippen LogP) is 4.88. The second kappa shape index (κ2) is 7.72. The zero-order valence-electron chi connectivity index (χ0n) is 13.5. The lowest BCUT2D eigenvalue weighted by Gasteiger charge is -2.43. The van der Waals surface area contributed by atoms with Gasteiger partial charge in [0.25, 0.3) is 0 Å². The molecule has 0 amide bonds. The summed E-state index contributed by atoms with van der Waals surface area (Å²) in [4.78, 5) is 2.28. The quantitative estimate of drug-likeness (QED) is 0.740. The van der Waals surface area contributed by atoms with Crippen LogP contribution in [0.3, 0.4) is 0 Å². The van der Waals surface area contributed by atoms with Crippen LogP contribution in [-0.4, -0.2) is 31.1 Å². The van der Waals surface area contributed by atoms with Crippen molar-refractivity contribution >= 4 is 28.3 Å². The van der Waals surface area contributed by atoms with Crippen molar-refractivity contribution in [3.63, 3.8) is 0 Å². The maximum atomic E-state index is 13.1. The smallest absolute Gasteiger partial charge is 0.314 e. The van der Waals surface area contributed by atoms with Crippen molar-refractivity contribution in [1.82, 2.24) is 10.2 Å². The second-order valence-corrected chi connectivity index (χ2v) is 7.74. The molecule has 0 saturated carbocycles. The number of alkyl halides is 3. The van der Waals surface area contributed by atoms with E-state index in [2.05, 4.69) is 46.9 Å². The van der Waals surface area contributed by atoms with Crippen molar-refractivity contribution in [1.29, 1.82) is 0 Å². The van der Waals surface area contributed by atoms with E-state index in [-0.39, 0.29) is 23.9 Å². The molecule has 1 N–H and O–H groups in total. The van der Waals surface area contributed by atoms with Gasteiger partial charge in [-0.3, -0.25) is 4.90 Å². The van der Waals surface area contributed by atoms with Crippen molar-refractivity contribution in [2.24, 2.45) is 5.41 Å². The molecule has 7 heteroatoms. The normalized spacial score (nSPS) is 18.4. The third kappa shape index (κ3) is 5.34. The Hall–Kier alpha value is -0.300. The van der Waals surface area contributed by atoms with Crippen molar-refractivity contribution in [2.45, 2.75) is 33.0 Å². The first-order valence-corrected chi connectivity index (χ1v) is 8.21. The molecular weight excluding hydrogens is 393 g/mol. The summed E-state index contributed by atoms with van der Waals surface area (Å²) in [5.41, 5.74) is -0.0292. The summed E-state index contributed by atoms with van der Waals surface area (Å²) in [6.45, 7) is 9.65. The number of piperazine rings is 1. The van der Waals surface area contributed by atoms with Crippen LogP contribution in [0.5, 0.6) is 0 Å². The van der Waals surface area contributed by atoms with Crippen molar-refractivity contribution in [3.8, 4) is 0 Å². The first-order chi connectivity index (χ1) is 10.1. The molecule has 0 bridgehead atoms. The molecule has 2 rings (SSSR count). The van der Waals surface area contributed by atoms with Crippen LogP contribution in [0.4, 0.5) is 13.2 Å². The Labute approximate surface area is 150 Å². The highest BCUT2D eigenvalue weighted by Crippen LogP contribution is 2.41. The number of rotatable bonds is 2. The van der Waals surface area contributed by atoms with Gasteiger partial charge in [-0.2, -0.15) is 13.2 Å². The lowest BCUT2D eigenvalue weighted by atomic mass is 9.80. The Bertz CT molecular complexity index is 523. The number of nitrogens with one attached hydrogen (secondary N) is 1. The molecule has 132 valence electrons. The molecule has 0 spiro atoms. The van der Waals surface area contributed by atoms with E-state index < -0.39 is 11.7 Å². The van der Waals surface area contributed by atoms with Crippen molar-refractivity contribution < 1.29 is 13.2 Å². The molecule has 1 aliphatic heterocycles. The summed E-state index contributed by atoms with van der Waals surface area (Å²) >= 11 is 3.23. The van der Waals surface area contributed by atoms with Gasteiger partial charge in [-0.15, -0.1) is 12.4 Å². The third-order valence-corrected chi connectivity index (χ3v) is 4.36. The summed E-state index contributed by atoms with van der Waals surface area (Å²) in [5, 5.41) is 3.29. The molecule has 1 heterocycles. The molecule has 23 heavy (non-hydrogen) atoms. The number of nitrogens with zero attached hydrogens (tertiary/aromatic N) is 1. The first kappa shape index (κ1) is 20.7. The predicted molar refractivity (Wildman–Crippen MR) is 93.0 cm³/mol. The Morgan fingerprint density at radius 2 is 1.65 bits per heavy atom. The standard InChI is InChI=1S/C16H22BrF3N2.ClH/c1-15(2,3)14(22-6-4-21-5-7-22)11-8-12(16(18,19)20)10-13(17)9-11;/h8-10,14,21H,4-7H2,1-3H3;1H/t14-;/m1./s1. The molecule has 0 radical (unpaired) electrons. The zero-order chi connectivity index (χ0) is 16.5. The minimum atomic E-state index is -4.33. The van der Waals surface area contributed by atoms with Gasteiger partial charge in [-0.25, -0.2) is 0 Å². The number of hydrogen-bond donors (Lipinski definition) is 1. The van der Waals surface area contributed by atoms with Crippen LogP contribution in [0.1, 0.15) is 37.9 Å². The van der Waals surface area contributed by atoms with Gasteiger partial charge in [0.2, 0.25) is 0 Å². The summed E-state index contributed by atoms with van der Waals surface area (Å²) in [7, 11) is 0. The Kier molecular flexibility index (Phi) is 6.96. The van der Waals surface area contributed by atoms with Crippen LogP contribution >= 0.6 is 28.3 Å². The zero-order valence-corrected chi connectivity index (χ0v) is 15.9. The highest BCUT2D eigenvalue weighted by Gasteiger charge is 2.36. The Morgan fingerprint density at radius 3 is 2.13 bits per heavy atom. The monoisotopic (exact) mass is 414 g/mol. The summed E-state index contributed by atoms with van der Waals surface area (Å²) < 4.78 is 39.8. The van der Waals surface area contributed by atoms with Crippen LogP contribution in [0.15, 0.2) is 22.7 Å². The van der Waals surface area contributed by atoms with E-state index in [1.165, 1.54) is 6.07 Å². The average molecular weight is 416 g/mol. The molecule has 0 aliphatic carbocycles. The SMILES string of the molecule is CC(C)(C)[C@@H](c1cc(Br)cc(C(F)(F)F)c1)N1CCNCC1.Cl. The van der Waals surface area contributed by atoms with Gasteiger partial charge in [0.1, 0.15) is 0 Å². The van der Waals surface area contributed by atoms with E-state index in [0.717, 1.165) is 37.8 Å². The van der Waals surface area contributed by atoms with Gasteiger partial charge in [-0.05, 0) is 29.2 Å². The molecule has 1 aliphatic rings. The highest BCUT2D eigenvalue weighted by atomic mass is 79.9. The molecule has 0 unspecified atom stereocenters. The fraction of sp³-hybridized carbons (Fsp3) is 0.625. The van der Waals surface area contributed by atoms with Gasteiger partial charge in [0.05, 0.1) is 5.56 Å². The topological polar surface area (TPSA) is 15.3 Å². The fourth-order valence-electron chi connectivity index (χ4n) is 3.13. The minimum Gasteiger partial charge on any atom is -0.314 e. The van der Waals surface area contributed by atoms with Gasteiger partial charge < -0.3 is 5.32 Å². The van der Waals surface area contributed by atoms with E-state index >= 15 is 0 Å². The van der Waals surface area contributed by atoms with Crippen LogP contribution < -0.4 is 5.32 Å². The summed E-state index contributed by atoms with van der Waals surface area (Å²) in [5.74, 6) is 0. The van der Waals surface area contributed by atoms with Crippen LogP contribution in [0.25, 0.3) is 0 Å². The van der Waals surface area contributed by atoms with Gasteiger partial charge >= 0.3 is 6.18 Å². The van der Waals surface area contributed by atoms with E-state index in [1.54, 1.807) is 0 Å². The summed E-state index contributed by atoms with van der Waals surface area (Å²) in [6.07, 6.45) is -4.33. The van der Waals surface area contributed by atoms with Crippen LogP contribution in [0.2, 0.25) is 0 Å². The molecule has 1 aromatic carbocycles. The molecular formula is C16H23BrClF3N2. The highest BCUT2D eigenvalue weighted by molar-refractivity contribution is 9.10. The second-order valence-electron chi connectivity index (χ2n) is 6.83.